The number of H-pyrrole nitrogens is 1. The topological polar surface area (TPSA) is 53.9 Å². The van der Waals surface area contributed by atoms with Gasteiger partial charge in [-0.1, -0.05) is 24.3 Å². The molecule has 0 saturated carbocycles. The first-order valence-corrected chi connectivity index (χ1v) is 10.1. The molecule has 0 atom stereocenters. The molecule has 5 nitrogen and oxygen atoms in total. The lowest BCUT2D eigenvalue weighted by Gasteiger charge is -2.23. The Bertz CT molecular complexity index is 1390. The zero-order valence-electron chi connectivity index (χ0n) is 17.0. The van der Waals surface area contributed by atoms with Gasteiger partial charge in [-0.3, -0.25) is 9.78 Å². The van der Waals surface area contributed by atoms with E-state index in [1.807, 2.05) is 60.3 Å². The predicted octanol–water partition coefficient (Wildman–Crippen LogP) is 5.04. The van der Waals surface area contributed by atoms with Crippen molar-refractivity contribution in [3.8, 4) is 0 Å². The Labute approximate surface area is 178 Å². The predicted molar refractivity (Wildman–Crippen MR) is 119 cm³/mol. The molecule has 5 aromatic rings. The summed E-state index contributed by atoms with van der Waals surface area (Å²) in [4.78, 5) is 22.8. The number of pyridine rings is 1. The summed E-state index contributed by atoms with van der Waals surface area (Å²) >= 11 is 0. The van der Waals surface area contributed by atoms with Crippen LogP contribution in [0.1, 0.15) is 21.6 Å². The van der Waals surface area contributed by atoms with Gasteiger partial charge >= 0.3 is 0 Å². The molecule has 0 aliphatic heterocycles. The van der Waals surface area contributed by atoms with Crippen molar-refractivity contribution in [2.45, 2.75) is 13.1 Å². The highest BCUT2D eigenvalue weighted by molar-refractivity contribution is 5.99. The second kappa shape index (κ2) is 7.72. The van der Waals surface area contributed by atoms with Crippen molar-refractivity contribution in [3.05, 3.63) is 102 Å². The number of rotatable bonds is 5. The molecule has 0 aliphatic carbocycles. The maximum Gasteiger partial charge on any atom is 0.271 e. The van der Waals surface area contributed by atoms with Crippen LogP contribution in [0, 0.1) is 5.82 Å². The van der Waals surface area contributed by atoms with Crippen LogP contribution >= 0.6 is 0 Å². The maximum atomic E-state index is 13.9. The van der Waals surface area contributed by atoms with Crippen molar-refractivity contribution in [2.24, 2.45) is 7.05 Å². The molecule has 0 radical (unpaired) electrons. The molecule has 0 unspecified atom stereocenters. The first kappa shape index (κ1) is 19.1. The third kappa shape index (κ3) is 3.57. The molecule has 5 rings (SSSR count). The minimum absolute atomic E-state index is 0.0895. The molecule has 3 heterocycles. The van der Waals surface area contributed by atoms with E-state index in [9.17, 15) is 9.18 Å². The van der Waals surface area contributed by atoms with Gasteiger partial charge in [-0.2, -0.15) is 0 Å². The Morgan fingerprint density at radius 2 is 1.97 bits per heavy atom. The lowest BCUT2D eigenvalue weighted by molar-refractivity contribution is 0.0721. The average molecular weight is 412 g/mol. The number of aromatic amines is 1. The monoisotopic (exact) mass is 412 g/mol. The van der Waals surface area contributed by atoms with Crippen molar-refractivity contribution in [3.63, 3.8) is 0 Å². The lowest BCUT2D eigenvalue weighted by atomic mass is 10.1. The number of aromatic nitrogens is 3. The van der Waals surface area contributed by atoms with E-state index in [4.69, 9.17) is 0 Å². The van der Waals surface area contributed by atoms with E-state index in [1.54, 1.807) is 23.4 Å². The average Bonchev–Trinajstić information content (AvgIpc) is 3.34. The molecule has 3 aromatic heterocycles. The second-order valence-electron chi connectivity index (χ2n) is 7.67. The van der Waals surface area contributed by atoms with Crippen molar-refractivity contribution in [2.75, 3.05) is 0 Å². The minimum atomic E-state index is -0.299. The molecule has 6 heteroatoms. The molecule has 1 N–H and O–H groups in total. The number of halogens is 1. The van der Waals surface area contributed by atoms with E-state index in [0.29, 0.717) is 18.8 Å². The fraction of sp³-hybridized carbons (Fsp3) is 0.120. The molecule has 0 aliphatic rings. The number of nitrogens with one attached hydrogen (secondary N) is 1. The zero-order chi connectivity index (χ0) is 21.4. The summed E-state index contributed by atoms with van der Waals surface area (Å²) < 4.78 is 15.8. The SMILES string of the molecule is Cn1c(C(=O)N(Cc2cccnc2)Cc2c[nH]c3ccc(F)cc23)cc2ccccc21. The largest absolute Gasteiger partial charge is 0.361 e. The molecule has 0 bridgehead atoms. The number of aryl methyl sites for hydroxylation is 1. The van der Waals surface area contributed by atoms with Gasteiger partial charge < -0.3 is 14.5 Å². The van der Waals surface area contributed by atoms with Crippen LogP contribution < -0.4 is 0 Å². The number of fused-ring (bicyclic) bond motifs is 2. The second-order valence-corrected chi connectivity index (χ2v) is 7.67. The van der Waals surface area contributed by atoms with Gasteiger partial charge in [0, 0.05) is 60.5 Å². The maximum absolute atomic E-state index is 13.9. The Morgan fingerprint density at radius 1 is 1.10 bits per heavy atom. The molecular formula is C25H21FN4O. The van der Waals surface area contributed by atoms with E-state index in [2.05, 4.69) is 9.97 Å². The third-order valence-corrected chi connectivity index (χ3v) is 5.64. The molecule has 2 aromatic carbocycles. The molecule has 1 amide bonds. The van der Waals surface area contributed by atoms with Crippen LogP contribution in [0.25, 0.3) is 21.8 Å². The van der Waals surface area contributed by atoms with Gasteiger partial charge in [-0.25, -0.2) is 4.39 Å². The van der Waals surface area contributed by atoms with Gasteiger partial charge in [0.05, 0.1) is 0 Å². The highest BCUT2D eigenvalue weighted by atomic mass is 19.1. The van der Waals surface area contributed by atoms with Crippen molar-refractivity contribution in [1.82, 2.24) is 19.4 Å². The van der Waals surface area contributed by atoms with Crippen LogP contribution in [0.2, 0.25) is 0 Å². The number of carbonyl (C=O) groups is 1. The summed E-state index contributed by atoms with van der Waals surface area (Å²) in [5.41, 5.74) is 4.25. The Balaban J connectivity index is 1.55. The molecule has 154 valence electrons. The smallest absolute Gasteiger partial charge is 0.271 e. The molecule has 0 fully saturated rings. The van der Waals surface area contributed by atoms with Gasteiger partial charge in [0.1, 0.15) is 11.5 Å². The fourth-order valence-corrected chi connectivity index (χ4v) is 4.05. The summed E-state index contributed by atoms with van der Waals surface area (Å²) in [6.45, 7) is 0.745. The lowest BCUT2D eigenvalue weighted by Crippen LogP contribution is -2.31. The molecular weight excluding hydrogens is 391 g/mol. The van der Waals surface area contributed by atoms with E-state index in [1.165, 1.54) is 12.1 Å². The van der Waals surface area contributed by atoms with Crippen molar-refractivity contribution >= 4 is 27.7 Å². The Kier molecular flexibility index (Phi) is 4.75. The Morgan fingerprint density at radius 3 is 2.77 bits per heavy atom. The van der Waals surface area contributed by atoms with Crippen LogP contribution in [0.5, 0.6) is 0 Å². The van der Waals surface area contributed by atoms with Crippen LogP contribution in [0.4, 0.5) is 4.39 Å². The van der Waals surface area contributed by atoms with E-state index >= 15 is 0 Å². The number of hydrogen-bond donors (Lipinski definition) is 1. The molecule has 0 spiro atoms. The van der Waals surface area contributed by atoms with Gasteiger partial charge in [0.15, 0.2) is 0 Å². The van der Waals surface area contributed by atoms with E-state index in [0.717, 1.165) is 32.9 Å². The van der Waals surface area contributed by atoms with Crippen molar-refractivity contribution < 1.29 is 9.18 Å². The zero-order valence-corrected chi connectivity index (χ0v) is 17.0. The van der Waals surface area contributed by atoms with Crippen LogP contribution in [0.15, 0.2) is 79.3 Å². The standard InChI is InChI=1S/C25H21FN4O/c1-29-23-7-3-2-6-18(23)11-24(29)25(31)30(15-17-5-4-10-27-13-17)16-19-14-28-22-9-8-20(26)12-21(19)22/h2-14,28H,15-16H2,1H3. The van der Waals surface area contributed by atoms with Gasteiger partial charge in [0.25, 0.3) is 5.91 Å². The summed E-state index contributed by atoms with van der Waals surface area (Å²) in [5, 5.41) is 1.80. The van der Waals surface area contributed by atoms with Crippen LogP contribution in [-0.4, -0.2) is 25.3 Å². The number of hydrogen-bond acceptors (Lipinski definition) is 2. The van der Waals surface area contributed by atoms with Crippen LogP contribution in [0.3, 0.4) is 0 Å². The van der Waals surface area contributed by atoms with Crippen LogP contribution in [-0.2, 0) is 20.1 Å². The summed E-state index contributed by atoms with van der Waals surface area (Å²) in [6.07, 6.45) is 5.31. The van der Waals surface area contributed by atoms with E-state index < -0.39 is 0 Å². The highest BCUT2D eigenvalue weighted by Crippen LogP contribution is 2.24. The normalized spacial score (nSPS) is 11.3. The summed E-state index contributed by atoms with van der Waals surface area (Å²) in [5.74, 6) is -0.388. The third-order valence-electron chi connectivity index (χ3n) is 5.64. The van der Waals surface area contributed by atoms with Gasteiger partial charge in [-0.15, -0.1) is 0 Å². The number of para-hydroxylation sites is 1. The van der Waals surface area contributed by atoms with Crippen molar-refractivity contribution in [1.29, 1.82) is 0 Å². The number of amides is 1. The fourth-order valence-electron chi connectivity index (χ4n) is 4.05. The first-order valence-electron chi connectivity index (χ1n) is 10.1. The summed E-state index contributed by atoms with van der Waals surface area (Å²) in [7, 11) is 1.90. The van der Waals surface area contributed by atoms with E-state index in [-0.39, 0.29) is 11.7 Å². The number of benzene rings is 2. The highest BCUT2D eigenvalue weighted by Gasteiger charge is 2.22. The quantitative estimate of drug-likeness (QED) is 0.440. The Hall–Kier alpha value is -3.93. The minimum Gasteiger partial charge on any atom is -0.361 e. The molecule has 0 saturated heterocycles. The number of carbonyl (C=O) groups excluding carboxylic acids is 1. The molecule has 31 heavy (non-hydrogen) atoms. The van der Waals surface area contributed by atoms with Gasteiger partial charge in [-0.05, 0) is 47.5 Å². The van der Waals surface area contributed by atoms with Gasteiger partial charge in [0.2, 0.25) is 0 Å². The summed E-state index contributed by atoms with van der Waals surface area (Å²) in [6, 6.07) is 18.3. The first-order chi connectivity index (χ1) is 15.1. The number of nitrogens with zero attached hydrogens (tertiary/aromatic N) is 3.